The first kappa shape index (κ1) is 14.8. The van der Waals surface area contributed by atoms with E-state index in [0.29, 0.717) is 23.4 Å². The molecule has 0 radical (unpaired) electrons. The lowest BCUT2D eigenvalue weighted by Gasteiger charge is -2.12. The zero-order chi connectivity index (χ0) is 15.4. The molecule has 22 heavy (non-hydrogen) atoms. The van der Waals surface area contributed by atoms with Crippen LogP contribution in [0.5, 0.6) is 0 Å². The van der Waals surface area contributed by atoms with Gasteiger partial charge < -0.3 is 14.4 Å². The minimum absolute atomic E-state index is 0.301. The molecule has 0 spiro atoms. The van der Waals surface area contributed by atoms with Crippen LogP contribution in [0.3, 0.4) is 0 Å². The first-order valence-corrected chi connectivity index (χ1v) is 7.50. The van der Waals surface area contributed by atoms with E-state index in [9.17, 15) is 0 Å². The van der Waals surface area contributed by atoms with Crippen LogP contribution in [-0.2, 0) is 13.1 Å². The molecule has 0 aliphatic carbocycles. The Labute approximate surface area is 133 Å². The minimum atomic E-state index is 0.301. The highest BCUT2D eigenvalue weighted by Gasteiger charge is 2.10. The molecule has 0 fully saturated rings. The third-order valence-corrected chi connectivity index (χ3v) is 3.70. The summed E-state index contributed by atoms with van der Waals surface area (Å²) in [6.45, 7) is 3.62. The standard InChI is InChI=1S/C16H17ClN4O/c1-12(10-21-7-6-18-11-21)19-9-13-8-16(22-20-13)14-4-2-3-5-15(14)17/h2-8,11-12,19H,9-10H2,1H3. The smallest absolute Gasteiger partial charge is 0.168 e. The van der Waals surface area contributed by atoms with Crippen molar-refractivity contribution < 1.29 is 4.52 Å². The van der Waals surface area contributed by atoms with Gasteiger partial charge in [-0.25, -0.2) is 4.98 Å². The van der Waals surface area contributed by atoms with Gasteiger partial charge >= 0.3 is 0 Å². The van der Waals surface area contributed by atoms with E-state index >= 15 is 0 Å². The summed E-state index contributed by atoms with van der Waals surface area (Å²) in [5.41, 5.74) is 1.71. The van der Waals surface area contributed by atoms with Crippen LogP contribution in [0, 0.1) is 0 Å². The van der Waals surface area contributed by atoms with Crippen molar-refractivity contribution >= 4 is 11.6 Å². The zero-order valence-electron chi connectivity index (χ0n) is 12.2. The van der Waals surface area contributed by atoms with Crippen LogP contribution in [0.25, 0.3) is 11.3 Å². The fourth-order valence-corrected chi connectivity index (χ4v) is 2.47. The van der Waals surface area contributed by atoms with Crippen LogP contribution in [-0.4, -0.2) is 20.7 Å². The number of nitrogens with zero attached hydrogens (tertiary/aromatic N) is 3. The lowest BCUT2D eigenvalue weighted by molar-refractivity contribution is 0.411. The quantitative estimate of drug-likeness (QED) is 0.757. The molecule has 0 saturated heterocycles. The first-order valence-electron chi connectivity index (χ1n) is 7.12. The second-order valence-corrected chi connectivity index (χ2v) is 5.61. The average molecular weight is 317 g/mol. The van der Waals surface area contributed by atoms with E-state index in [4.69, 9.17) is 16.1 Å². The van der Waals surface area contributed by atoms with Gasteiger partial charge in [-0.05, 0) is 19.1 Å². The van der Waals surface area contributed by atoms with E-state index in [1.165, 1.54) is 0 Å². The van der Waals surface area contributed by atoms with Crippen LogP contribution in [0.15, 0.2) is 53.6 Å². The number of hydrogen-bond donors (Lipinski definition) is 1. The molecule has 6 heteroatoms. The van der Waals surface area contributed by atoms with E-state index in [-0.39, 0.29) is 0 Å². The second kappa shape index (κ2) is 6.77. The molecule has 0 saturated carbocycles. The van der Waals surface area contributed by atoms with Crippen molar-refractivity contribution in [1.82, 2.24) is 20.0 Å². The summed E-state index contributed by atoms with van der Waals surface area (Å²) in [5, 5.41) is 8.16. The van der Waals surface area contributed by atoms with E-state index < -0.39 is 0 Å². The number of aromatic nitrogens is 3. The first-order chi connectivity index (χ1) is 10.7. The lowest BCUT2D eigenvalue weighted by Crippen LogP contribution is -2.29. The number of imidazole rings is 1. The summed E-state index contributed by atoms with van der Waals surface area (Å²) in [4.78, 5) is 4.03. The third kappa shape index (κ3) is 3.55. The lowest BCUT2D eigenvalue weighted by atomic mass is 10.1. The molecule has 0 bridgehead atoms. The van der Waals surface area contributed by atoms with Gasteiger partial charge in [0.1, 0.15) is 0 Å². The fourth-order valence-electron chi connectivity index (χ4n) is 2.24. The Morgan fingerprint density at radius 1 is 1.36 bits per heavy atom. The van der Waals surface area contributed by atoms with Crippen LogP contribution in [0.2, 0.25) is 5.02 Å². The van der Waals surface area contributed by atoms with E-state index in [2.05, 4.69) is 22.4 Å². The predicted molar refractivity (Wildman–Crippen MR) is 85.5 cm³/mol. The molecule has 1 unspecified atom stereocenters. The molecule has 0 aliphatic rings. The Morgan fingerprint density at radius 3 is 3.00 bits per heavy atom. The number of nitrogens with one attached hydrogen (secondary N) is 1. The number of benzene rings is 1. The Bertz CT molecular complexity index is 723. The molecule has 0 aliphatic heterocycles. The van der Waals surface area contributed by atoms with Gasteiger partial charge in [0.05, 0.1) is 17.0 Å². The maximum atomic E-state index is 6.16. The molecule has 1 atom stereocenters. The van der Waals surface area contributed by atoms with Gasteiger partial charge in [0.25, 0.3) is 0 Å². The molecule has 1 N–H and O–H groups in total. The Balaban J connectivity index is 1.59. The van der Waals surface area contributed by atoms with Crippen molar-refractivity contribution in [2.45, 2.75) is 26.1 Å². The van der Waals surface area contributed by atoms with Gasteiger partial charge in [-0.1, -0.05) is 28.9 Å². The van der Waals surface area contributed by atoms with E-state index in [0.717, 1.165) is 17.8 Å². The maximum absolute atomic E-state index is 6.16. The summed E-state index contributed by atoms with van der Waals surface area (Å²) < 4.78 is 7.42. The molecule has 2 heterocycles. The Morgan fingerprint density at radius 2 is 2.23 bits per heavy atom. The zero-order valence-corrected chi connectivity index (χ0v) is 13.0. The van der Waals surface area contributed by atoms with E-state index in [1.807, 2.05) is 47.4 Å². The summed E-state index contributed by atoms with van der Waals surface area (Å²) >= 11 is 6.16. The highest BCUT2D eigenvalue weighted by molar-refractivity contribution is 6.33. The minimum Gasteiger partial charge on any atom is -0.356 e. The number of halogens is 1. The molecule has 5 nitrogen and oxygen atoms in total. The molecule has 0 amide bonds. The van der Waals surface area contributed by atoms with Crippen molar-refractivity contribution in [1.29, 1.82) is 0 Å². The van der Waals surface area contributed by atoms with E-state index in [1.54, 1.807) is 6.20 Å². The summed E-state index contributed by atoms with van der Waals surface area (Å²) in [6, 6.07) is 9.79. The second-order valence-electron chi connectivity index (χ2n) is 5.20. The molecular formula is C16H17ClN4O. The third-order valence-electron chi connectivity index (χ3n) is 3.37. The maximum Gasteiger partial charge on any atom is 0.168 e. The molecule has 1 aromatic carbocycles. The SMILES string of the molecule is CC(Cn1ccnc1)NCc1cc(-c2ccccc2Cl)on1. The van der Waals surface area contributed by atoms with Gasteiger partial charge in [-0.3, -0.25) is 0 Å². The van der Waals surface area contributed by atoms with Gasteiger partial charge in [0.2, 0.25) is 0 Å². The molecule has 114 valence electrons. The molecule has 2 aromatic heterocycles. The normalized spacial score (nSPS) is 12.5. The predicted octanol–water partition coefficient (Wildman–Crippen LogP) is 3.37. The van der Waals surface area contributed by atoms with Crippen molar-refractivity contribution in [3.05, 3.63) is 59.8 Å². The van der Waals surface area contributed by atoms with Crippen LogP contribution >= 0.6 is 11.6 Å². The van der Waals surface area contributed by atoms with Crippen LogP contribution < -0.4 is 5.32 Å². The molecular weight excluding hydrogens is 300 g/mol. The van der Waals surface area contributed by atoms with Crippen LogP contribution in [0.1, 0.15) is 12.6 Å². The number of hydrogen-bond acceptors (Lipinski definition) is 4. The van der Waals surface area contributed by atoms with Crippen molar-refractivity contribution in [2.24, 2.45) is 0 Å². The number of rotatable bonds is 6. The Kier molecular flexibility index (Phi) is 4.56. The van der Waals surface area contributed by atoms with Gasteiger partial charge in [-0.2, -0.15) is 0 Å². The topological polar surface area (TPSA) is 55.9 Å². The highest BCUT2D eigenvalue weighted by atomic mass is 35.5. The van der Waals surface area contributed by atoms with Crippen LogP contribution in [0.4, 0.5) is 0 Å². The summed E-state index contributed by atoms with van der Waals surface area (Å²) in [5.74, 6) is 0.685. The van der Waals surface area contributed by atoms with Gasteiger partial charge in [0, 0.05) is 43.2 Å². The summed E-state index contributed by atoms with van der Waals surface area (Å²) in [7, 11) is 0. The van der Waals surface area contributed by atoms with Gasteiger partial charge in [0.15, 0.2) is 5.76 Å². The largest absolute Gasteiger partial charge is 0.356 e. The van der Waals surface area contributed by atoms with Gasteiger partial charge in [-0.15, -0.1) is 0 Å². The monoisotopic (exact) mass is 316 g/mol. The van der Waals surface area contributed by atoms with Crippen molar-refractivity contribution in [3.8, 4) is 11.3 Å². The van der Waals surface area contributed by atoms with Crippen molar-refractivity contribution in [2.75, 3.05) is 0 Å². The summed E-state index contributed by atoms with van der Waals surface area (Å²) in [6.07, 6.45) is 5.54. The van der Waals surface area contributed by atoms with Crippen molar-refractivity contribution in [3.63, 3.8) is 0 Å². The molecule has 3 aromatic rings. The Hall–Kier alpha value is -2.11. The highest BCUT2D eigenvalue weighted by Crippen LogP contribution is 2.27. The molecule has 3 rings (SSSR count). The fraction of sp³-hybridized carbons (Fsp3) is 0.250. The average Bonchev–Trinajstić information content (AvgIpc) is 3.17.